The van der Waals surface area contributed by atoms with Crippen LogP contribution in [0.3, 0.4) is 0 Å². The second-order valence-electron chi connectivity index (χ2n) is 5.67. The summed E-state index contributed by atoms with van der Waals surface area (Å²) in [5.41, 5.74) is 0. The summed E-state index contributed by atoms with van der Waals surface area (Å²) in [6, 6.07) is 2.03. The number of halogens is 2. The fraction of sp³-hybridized carbons (Fsp3) is 0.533. The summed E-state index contributed by atoms with van der Waals surface area (Å²) in [6.45, 7) is 1.07. The average Bonchev–Trinajstić information content (AvgIpc) is 3.02. The molecule has 23 heavy (non-hydrogen) atoms. The maximum Gasteiger partial charge on any atom is 0.255 e. The molecule has 0 unspecified atom stereocenters. The van der Waals surface area contributed by atoms with Crippen molar-refractivity contribution in [2.24, 2.45) is 5.92 Å². The Morgan fingerprint density at radius 2 is 2.17 bits per heavy atom. The van der Waals surface area contributed by atoms with Gasteiger partial charge in [-0.1, -0.05) is 0 Å². The number of amides is 1. The van der Waals surface area contributed by atoms with Gasteiger partial charge in [-0.15, -0.1) is 11.3 Å². The Morgan fingerprint density at radius 3 is 2.91 bits per heavy atom. The number of nitrogens with one attached hydrogen (secondary N) is 1. The maximum absolute atomic E-state index is 12.1. The molecule has 1 aliphatic rings. The van der Waals surface area contributed by atoms with Gasteiger partial charge in [-0.2, -0.15) is 0 Å². The van der Waals surface area contributed by atoms with Gasteiger partial charge in [0.25, 0.3) is 6.43 Å². The molecule has 0 radical (unpaired) electrons. The van der Waals surface area contributed by atoms with E-state index in [1.807, 2.05) is 11.4 Å². The lowest BCUT2D eigenvalue weighted by Gasteiger charge is -2.32. The van der Waals surface area contributed by atoms with Gasteiger partial charge in [-0.3, -0.25) is 4.79 Å². The Balaban J connectivity index is 1.54. The molecule has 1 amide bonds. The van der Waals surface area contributed by atoms with Crippen LogP contribution in [-0.2, 0) is 4.79 Å². The monoisotopic (exact) mass is 340 g/mol. The van der Waals surface area contributed by atoms with Gasteiger partial charge in [0.05, 0.1) is 11.9 Å². The highest BCUT2D eigenvalue weighted by atomic mass is 32.1. The molecule has 1 aliphatic heterocycles. The average molecular weight is 340 g/mol. The second kappa shape index (κ2) is 7.16. The Hall–Kier alpha value is -1.83. The van der Waals surface area contributed by atoms with Crippen LogP contribution in [-0.4, -0.2) is 41.9 Å². The molecule has 1 N–H and O–H groups in total. The summed E-state index contributed by atoms with van der Waals surface area (Å²) in [5.74, 6) is 0.895. The van der Waals surface area contributed by atoms with E-state index in [2.05, 4.69) is 20.2 Å². The van der Waals surface area contributed by atoms with Crippen LogP contribution in [0.4, 0.5) is 14.6 Å². The molecule has 0 aromatic carbocycles. The third-order valence-corrected chi connectivity index (χ3v) is 4.90. The predicted molar refractivity (Wildman–Crippen MR) is 86.0 cm³/mol. The number of anilines is 1. The zero-order valence-electron chi connectivity index (χ0n) is 12.5. The number of hydrogen-bond acceptors (Lipinski definition) is 5. The first kappa shape index (κ1) is 16.0. The summed E-state index contributed by atoms with van der Waals surface area (Å²) >= 11 is 1.59. The highest BCUT2D eigenvalue weighted by molar-refractivity contribution is 7.16. The summed E-state index contributed by atoms with van der Waals surface area (Å²) in [7, 11) is 0. The summed E-state index contributed by atoms with van der Waals surface area (Å²) < 4.78 is 24.2. The number of hydrogen-bond donors (Lipinski definition) is 1. The van der Waals surface area contributed by atoms with Crippen molar-refractivity contribution < 1.29 is 13.6 Å². The third kappa shape index (κ3) is 3.93. The van der Waals surface area contributed by atoms with E-state index in [9.17, 15) is 13.6 Å². The molecule has 2 aromatic rings. The fourth-order valence-corrected chi connectivity index (χ4v) is 3.63. The van der Waals surface area contributed by atoms with Crippen LogP contribution in [0, 0.1) is 5.92 Å². The number of nitrogens with zero attached hydrogens (tertiary/aromatic N) is 3. The molecule has 3 rings (SSSR count). The van der Waals surface area contributed by atoms with Gasteiger partial charge in [0.15, 0.2) is 0 Å². The van der Waals surface area contributed by atoms with Crippen LogP contribution in [0.15, 0.2) is 17.8 Å². The van der Waals surface area contributed by atoms with Crippen molar-refractivity contribution in [3.8, 4) is 0 Å². The van der Waals surface area contributed by atoms with E-state index in [-0.39, 0.29) is 11.8 Å². The van der Waals surface area contributed by atoms with Crippen LogP contribution in [0.1, 0.15) is 19.3 Å². The van der Waals surface area contributed by atoms with E-state index < -0.39 is 13.0 Å². The van der Waals surface area contributed by atoms with Gasteiger partial charge in [-0.25, -0.2) is 18.7 Å². The standard InChI is InChI=1S/C15H18F2N4OS/c16-12(17)8-18-13(22)7-10-1-4-21(5-2-10)14-11-3-6-23-15(11)20-9-19-14/h3,6,9-10,12H,1-2,4-5,7-8H2,(H,18,22). The van der Waals surface area contributed by atoms with Gasteiger partial charge in [0.2, 0.25) is 5.91 Å². The van der Waals surface area contributed by atoms with Crippen LogP contribution >= 0.6 is 11.3 Å². The molecule has 1 saturated heterocycles. The van der Waals surface area contributed by atoms with Gasteiger partial charge < -0.3 is 10.2 Å². The minimum atomic E-state index is -2.49. The minimum absolute atomic E-state index is 0.240. The van der Waals surface area contributed by atoms with Crippen molar-refractivity contribution in [1.29, 1.82) is 0 Å². The molecule has 0 atom stereocenters. The Kier molecular flexibility index (Phi) is 5.00. The molecule has 0 saturated carbocycles. The highest BCUT2D eigenvalue weighted by Crippen LogP contribution is 2.30. The van der Waals surface area contributed by atoms with Crippen molar-refractivity contribution in [3.05, 3.63) is 17.8 Å². The predicted octanol–water partition coefficient (Wildman–Crippen LogP) is 2.68. The summed E-state index contributed by atoms with van der Waals surface area (Å²) in [4.78, 5) is 23.5. The number of fused-ring (bicyclic) bond motifs is 1. The number of carbonyl (C=O) groups excluding carboxylic acids is 1. The smallest absolute Gasteiger partial charge is 0.255 e. The summed E-state index contributed by atoms with van der Waals surface area (Å²) in [6.07, 6.45) is 1.12. The van der Waals surface area contributed by atoms with Gasteiger partial charge in [0, 0.05) is 19.5 Å². The van der Waals surface area contributed by atoms with E-state index in [0.717, 1.165) is 42.0 Å². The van der Waals surface area contributed by atoms with Crippen molar-refractivity contribution >= 4 is 33.3 Å². The molecule has 3 heterocycles. The molecular weight excluding hydrogens is 322 g/mol. The molecule has 5 nitrogen and oxygen atoms in total. The Bertz CT molecular complexity index is 670. The topological polar surface area (TPSA) is 58.1 Å². The number of aromatic nitrogens is 2. The van der Waals surface area contributed by atoms with E-state index in [1.54, 1.807) is 17.7 Å². The van der Waals surface area contributed by atoms with Crippen molar-refractivity contribution in [3.63, 3.8) is 0 Å². The van der Waals surface area contributed by atoms with Crippen LogP contribution in [0.2, 0.25) is 0 Å². The van der Waals surface area contributed by atoms with Crippen LogP contribution in [0.25, 0.3) is 10.2 Å². The zero-order valence-corrected chi connectivity index (χ0v) is 13.4. The Labute approximate surface area is 136 Å². The first-order valence-electron chi connectivity index (χ1n) is 7.61. The zero-order chi connectivity index (χ0) is 16.2. The molecule has 0 spiro atoms. The van der Waals surface area contributed by atoms with Gasteiger partial charge in [0.1, 0.15) is 17.0 Å². The van der Waals surface area contributed by atoms with E-state index in [4.69, 9.17) is 0 Å². The number of carbonyl (C=O) groups is 1. The number of thiophene rings is 1. The normalized spacial score (nSPS) is 16.2. The van der Waals surface area contributed by atoms with Crippen molar-refractivity contribution in [2.45, 2.75) is 25.7 Å². The number of piperidine rings is 1. The van der Waals surface area contributed by atoms with E-state index in [0.29, 0.717) is 6.42 Å². The van der Waals surface area contributed by atoms with Crippen molar-refractivity contribution in [1.82, 2.24) is 15.3 Å². The van der Waals surface area contributed by atoms with Crippen LogP contribution in [0.5, 0.6) is 0 Å². The molecule has 1 fully saturated rings. The largest absolute Gasteiger partial charge is 0.356 e. The number of alkyl halides is 2. The van der Waals surface area contributed by atoms with Crippen molar-refractivity contribution in [2.75, 3.05) is 24.5 Å². The molecule has 124 valence electrons. The Morgan fingerprint density at radius 1 is 1.39 bits per heavy atom. The number of rotatable bonds is 5. The maximum atomic E-state index is 12.1. The van der Waals surface area contributed by atoms with Gasteiger partial charge in [-0.05, 0) is 30.2 Å². The third-order valence-electron chi connectivity index (χ3n) is 4.08. The highest BCUT2D eigenvalue weighted by Gasteiger charge is 2.23. The molecule has 8 heteroatoms. The van der Waals surface area contributed by atoms with Crippen LogP contribution < -0.4 is 10.2 Å². The SMILES string of the molecule is O=C(CC1CCN(c2ncnc3sccc23)CC1)NCC(F)F. The second-order valence-corrected chi connectivity index (χ2v) is 6.56. The quantitative estimate of drug-likeness (QED) is 0.909. The van der Waals surface area contributed by atoms with E-state index >= 15 is 0 Å². The fourth-order valence-electron chi connectivity index (χ4n) is 2.90. The van der Waals surface area contributed by atoms with Gasteiger partial charge >= 0.3 is 0 Å². The molecule has 0 aliphatic carbocycles. The molecule has 2 aromatic heterocycles. The minimum Gasteiger partial charge on any atom is -0.356 e. The summed E-state index contributed by atoms with van der Waals surface area (Å²) in [5, 5.41) is 5.33. The lowest BCUT2D eigenvalue weighted by Crippen LogP contribution is -2.37. The first-order chi connectivity index (χ1) is 11.1. The molecular formula is C15H18F2N4OS. The molecule has 0 bridgehead atoms. The van der Waals surface area contributed by atoms with E-state index in [1.165, 1.54) is 0 Å². The first-order valence-corrected chi connectivity index (χ1v) is 8.49. The lowest BCUT2D eigenvalue weighted by molar-refractivity contribution is -0.122. The lowest BCUT2D eigenvalue weighted by atomic mass is 9.93.